The van der Waals surface area contributed by atoms with Crippen molar-refractivity contribution in [1.29, 1.82) is 0 Å². The zero-order valence-electron chi connectivity index (χ0n) is 10.6. The minimum atomic E-state index is -4.37. The molecule has 0 bridgehead atoms. The molecule has 0 aliphatic rings. The molecule has 1 aromatic carbocycles. The first-order valence-electron chi connectivity index (χ1n) is 6.16. The van der Waals surface area contributed by atoms with Crippen LogP contribution in [-0.2, 0) is 6.18 Å². The van der Waals surface area contributed by atoms with Crippen LogP contribution in [0.1, 0.15) is 31.2 Å². The molecule has 0 unspecified atom stereocenters. The summed E-state index contributed by atoms with van der Waals surface area (Å²) in [6.45, 7) is 4.27. The summed E-state index contributed by atoms with van der Waals surface area (Å²) in [5, 5.41) is 3.05. The molecule has 19 heavy (non-hydrogen) atoms. The maximum atomic E-state index is 12.6. The summed E-state index contributed by atoms with van der Waals surface area (Å²) in [5.74, 6) is 0. The zero-order chi connectivity index (χ0) is 14.3. The summed E-state index contributed by atoms with van der Waals surface area (Å²) < 4.78 is 37.7. The topological polar surface area (TPSA) is 12.0 Å². The predicted octanol–water partition coefficient (Wildman–Crippen LogP) is 5.52. The van der Waals surface area contributed by atoms with Crippen LogP contribution in [0.5, 0.6) is 0 Å². The lowest BCUT2D eigenvalue weighted by Gasteiger charge is -2.11. The number of hydrogen-bond acceptors (Lipinski definition) is 1. The molecule has 0 saturated heterocycles. The van der Waals surface area contributed by atoms with Crippen molar-refractivity contribution in [3.63, 3.8) is 0 Å². The molecular weight excluding hydrogens is 275 g/mol. The Hall–Kier alpha value is -1.16. The van der Waals surface area contributed by atoms with E-state index in [0.717, 1.165) is 37.8 Å². The van der Waals surface area contributed by atoms with Crippen LogP contribution in [0, 0.1) is 0 Å². The first-order chi connectivity index (χ1) is 8.93. The Kier molecular flexibility index (Phi) is 6.22. The van der Waals surface area contributed by atoms with Crippen molar-refractivity contribution >= 4 is 17.3 Å². The van der Waals surface area contributed by atoms with Gasteiger partial charge in [0.25, 0.3) is 0 Å². The first kappa shape index (κ1) is 15.9. The van der Waals surface area contributed by atoms with Gasteiger partial charge in [-0.25, -0.2) is 0 Å². The van der Waals surface area contributed by atoms with Gasteiger partial charge in [-0.15, -0.1) is 6.58 Å². The second kappa shape index (κ2) is 7.43. The van der Waals surface area contributed by atoms with Crippen molar-refractivity contribution in [2.24, 2.45) is 0 Å². The second-order valence-electron chi connectivity index (χ2n) is 4.29. The summed E-state index contributed by atoms with van der Waals surface area (Å²) >= 11 is 5.69. The molecule has 0 fully saturated rings. The van der Waals surface area contributed by atoms with E-state index in [9.17, 15) is 13.2 Å². The molecule has 1 rings (SSSR count). The van der Waals surface area contributed by atoms with Crippen LogP contribution in [0.25, 0.3) is 0 Å². The number of halogens is 4. The summed E-state index contributed by atoms with van der Waals surface area (Å²) in [5.41, 5.74) is -0.322. The van der Waals surface area contributed by atoms with Gasteiger partial charge in [0.1, 0.15) is 0 Å². The average Bonchev–Trinajstić information content (AvgIpc) is 2.32. The smallest absolute Gasteiger partial charge is 0.385 e. The molecule has 0 aromatic heterocycles. The number of rotatable bonds is 7. The molecule has 0 amide bonds. The van der Waals surface area contributed by atoms with E-state index in [4.69, 9.17) is 11.6 Å². The lowest BCUT2D eigenvalue weighted by molar-refractivity contribution is -0.137. The average molecular weight is 292 g/mol. The van der Waals surface area contributed by atoms with Crippen LogP contribution in [0.2, 0.25) is 5.02 Å². The van der Waals surface area contributed by atoms with Gasteiger partial charge in [-0.2, -0.15) is 13.2 Å². The van der Waals surface area contributed by atoms with Gasteiger partial charge in [0.05, 0.1) is 5.56 Å². The lowest BCUT2D eigenvalue weighted by Crippen LogP contribution is -2.07. The minimum Gasteiger partial charge on any atom is -0.385 e. The van der Waals surface area contributed by atoms with Crippen LogP contribution in [0.4, 0.5) is 18.9 Å². The summed E-state index contributed by atoms with van der Waals surface area (Å²) in [4.78, 5) is 0. The molecule has 0 saturated carbocycles. The van der Waals surface area contributed by atoms with E-state index in [1.165, 1.54) is 6.07 Å². The zero-order valence-corrected chi connectivity index (χ0v) is 11.3. The first-order valence-corrected chi connectivity index (χ1v) is 6.54. The molecule has 0 atom stereocenters. The van der Waals surface area contributed by atoms with E-state index in [0.29, 0.717) is 12.2 Å². The lowest BCUT2D eigenvalue weighted by atomic mass is 10.1. The highest BCUT2D eigenvalue weighted by Crippen LogP contribution is 2.33. The van der Waals surface area contributed by atoms with Gasteiger partial charge in [0, 0.05) is 17.3 Å². The Morgan fingerprint density at radius 1 is 1.16 bits per heavy atom. The molecule has 0 aliphatic carbocycles. The maximum absolute atomic E-state index is 12.6. The fourth-order valence-electron chi connectivity index (χ4n) is 1.68. The number of allylic oxidation sites excluding steroid dienone is 1. The number of benzene rings is 1. The summed E-state index contributed by atoms with van der Waals surface area (Å²) in [6, 6.07) is 3.51. The molecule has 0 radical (unpaired) electrons. The molecular formula is C14H17ClF3N. The van der Waals surface area contributed by atoms with E-state index in [-0.39, 0.29) is 5.02 Å². The quantitative estimate of drug-likeness (QED) is 0.515. The maximum Gasteiger partial charge on any atom is 0.416 e. The van der Waals surface area contributed by atoms with E-state index >= 15 is 0 Å². The van der Waals surface area contributed by atoms with Crippen molar-refractivity contribution in [3.8, 4) is 0 Å². The van der Waals surface area contributed by atoms with Crippen LogP contribution in [-0.4, -0.2) is 6.54 Å². The molecule has 5 heteroatoms. The van der Waals surface area contributed by atoms with Gasteiger partial charge in [0.2, 0.25) is 0 Å². The van der Waals surface area contributed by atoms with Gasteiger partial charge in [-0.3, -0.25) is 0 Å². The number of nitrogens with one attached hydrogen (secondary N) is 1. The fraction of sp³-hybridized carbons (Fsp3) is 0.429. The second-order valence-corrected chi connectivity index (χ2v) is 4.73. The Labute approximate surface area is 116 Å². The van der Waals surface area contributed by atoms with Crippen molar-refractivity contribution in [2.45, 2.75) is 31.9 Å². The van der Waals surface area contributed by atoms with Crippen LogP contribution in [0.15, 0.2) is 30.9 Å². The number of hydrogen-bond donors (Lipinski definition) is 1. The number of unbranched alkanes of at least 4 members (excludes halogenated alkanes) is 3. The standard InChI is InChI=1S/C14H17ClF3N/c1-2-3-4-5-6-7-19-13-9-11(14(16,17)18)8-12(15)10-13/h2,8-10,19H,1,3-7H2. The molecule has 0 aliphatic heterocycles. The van der Waals surface area contributed by atoms with Crippen molar-refractivity contribution in [2.75, 3.05) is 11.9 Å². The Morgan fingerprint density at radius 2 is 1.89 bits per heavy atom. The highest BCUT2D eigenvalue weighted by Gasteiger charge is 2.31. The predicted molar refractivity (Wildman–Crippen MR) is 73.6 cm³/mol. The van der Waals surface area contributed by atoms with E-state index in [1.54, 1.807) is 0 Å². The molecule has 1 N–H and O–H groups in total. The Morgan fingerprint density at radius 3 is 2.53 bits per heavy atom. The minimum absolute atomic E-state index is 0.0870. The van der Waals surface area contributed by atoms with E-state index in [1.807, 2.05) is 6.08 Å². The van der Waals surface area contributed by atoms with Gasteiger partial charge >= 0.3 is 6.18 Å². The van der Waals surface area contributed by atoms with Crippen molar-refractivity contribution in [3.05, 3.63) is 41.4 Å². The molecule has 1 nitrogen and oxygen atoms in total. The third-order valence-electron chi connectivity index (χ3n) is 2.64. The van der Waals surface area contributed by atoms with Crippen LogP contribution < -0.4 is 5.32 Å². The van der Waals surface area contributed by atoms with E-state index in [2.05, 4.69) is 11.9 Å². The van der Waals surface area contributed by atoms with Crippen LogP contribution in [0.3, 0.4) is 0 Å². The van der Waals surface area contributed by atoms with Gasteiger partial charge in [0.15, 0.2) is 0 Å². The van der Waals surface area contributed by atoms with Gasteiger partial charge in [-0.1, -0.05) is 24.1 Å². The van der Waals surface area contributed by atoms with Crippen molar-refractivity contribution < 1.29 is 13.2 Å². The van der Waals surface area contributed by atoms with E-state index < -0.39 is 11.7 Å². The Bertz CT molecular complexity index is 416. The normalized spacial score (nSPS) is 11.4. The highest BCUT2D eigenvalue weighted by atomic mass is 35.5. The van der Waals surface area contributed by atoms with Gasteiger partial charge < -0.3 is 5.32 Å². The van der Waals surface area contributed by atoms with Crippen molar-refractivity contribution in [1.82, 2.24) is 0 Å². The largest absolute Gasteiger partial charge is 0.416 e. The number of alkyl halides is 3. The molecule has 0 heterocycles. The SMILES string of the molecule is C=CCCCCCNc1cc(Cl)cc(C(F)(F)F)c1. The molecule has 106 valence electrons. The third-order valence-corrected chi connectivity index (χ3v) is 2.86. The summed E-state index contributed by atoms with van der Waals surface area (Å²) in [7, 11) is 0. The number of anilines is 1. The third kappa shape index (κ3) is 6.01. The monoisotopic (exact) mass is 291 g/mol. The van der Waals surface area contributed by atoms with Gasteiger partial charge in [-0.05, 0) is 37.5 Å². The Balaban J connectivity index is 2.50. The summed E-state index contributed by atoms with van der Waals surface area (Å²) in [6.07, 6.45) is 1.43. The fourth-order valence-corrected chi connectivity index (χ4v) is 1.91. The molecule has 0 spiro atoms. The highest BCUT2D eigenvalue weighted by molar-refractivity contribution is 6.30. The molecule has 1 aromatic rings. The van der Waals surface area contributed by atoms with Crippen LogP contribution >= 0.6 is 11.6 Å².